The summed E-state index contributed by atoms with van der Waals surface area (Å²) >= 11 is 0. The van der Waals surface area contributed by atoms with E-state index in [-0.39, 0.29) is 11.0 Å². The highest BCUT2D eigenvalue weighted by Crippen LogP contribution is 2.28. The van der Waals surface area contributed by atoms with E-state index < -0.39 is 0 Å². The molecule has 0 spiro atoms. The Balaban J connectivity index is 4.00. The number of nitrogens with zero attached hydrogens (tertiary/aromatic N) is 2. The fraction of sp³-hybridized carbons (Fsp3) is 1.00. The second-order valence-corrected chi connectivity index (χ2v) is 6.50. The Morgan fingerprint density at radius 3 is 1.81 bits per heavy atom. The summed E-state index contributed by atoms with van der Waals surface area (Å²) < 4.78 is 0. The van der Waals surface area contributed by atoms with Crippen molar-refractivity contribution in [2.24, 2.45) is 11.1 Å². The monoisotopic (exact) mass is 229 g/mol. The zero-order chi connectivity index (χ0) is 13.0. The molecule has 0 amide bonds. The molecule has 0 radical (unpaired) electrons. The lowest BCUT2D eigenvalue weighted by Crippen LogP contribution is -2.52. The summed E-state index contributed by atoms with van der Waals surface area (Å²) in [6.45, 7) is 12.0. The zero-order valence-corrected chi connectivity index (χ0v) is 12.3. The molecular weight excluding hydrogens is 198 g/mol. The molecule has 0 aliphatic carbocycles. The fourth-order valence-electron chi connectivity index (χ4n) is 1.61. The first-order valence-corrected chi connectivity index (χ1v) is 6.18. The largest absolute Gasteiger partial charge is 0.325 e. The summed E-state index contributed by atoms with van der Waals surface area (Å²) in [7, 11) is 6.42. The third-order valence-electron chi connectivity index (χ3n) is 3.55. The van der Waals surface area contributed by atoms with Crippen LogP contribution in [0.5, 0.6) is 0 Å². The third kappa shape index (κ3) is 5.83. The lowest BCUT2D eigenvalue weighted by Gasteiger charge is -2.41. The standard InChI is InChI=1S/C13H31N3/c1-12(2,13(3,4)14)11-16(7)10-8-9-15(5)6/h8-11,14H2,1-7H3. The van der Waals surface area contributed by atoms with Crippen molar-refractivity contribution in [2.45, 2.75) is 39.7 Å². The number of rotatable bonds is 7. The van der Waals surface area contributed by atoms with Gasteiger partial charge in [-0.05, 0) is 59.9 Å². The quantitative estimate of drug-likeness (QED) is 0.720. The molecule has 3 heteroatoms. The van der Waals surface area contributed by atoms with Crippen LogP contribution in [0.1, 0.15) is 34.1 Å². The van der Waals surface area contributed by atoms with Crippen LogP contribution in [0.15, 0.2) is 0 Å². The summed E-state index contributed by atoms with van der Waals surface area (Å²) in [5.41, 5.74) is 6.21. The number of hydrogen-bond acceptors (Lipinski definition) is 3. The summed E-state index contributed by atoms with van der Waals surface area (Å²) in [6, 6.07) is 0. The molecule has 2 N–H and O–H groups in total. The van der Waals surface area contributed by atoms with Gasteiger partial charge in [-0.1, -0.05) is 13.8 Å². The average molecular weight is 229 g/mol. The van der Waals surface area contributed by atoms with Gasteiger partial charge in [-0.3, -0.25) is 0 Å². The van der Waals surface area contributed by atoms with E-state index in [0.717, 1.165) is 19.6 Å². The molecule has 0 aromatic rings. The predicted octanol–water partition coefficient (Wildman–Crippen LogP) is 1.63. The van der Waals surface area contributed by atoms with E-state index in [9.17, 15) is 0 Å². The van der Waals surface area contributed by atoms with Crippen LogP contribution in [0.25, 0.3) is 0 Å². The van der Waals surface area contributed by atoms with Gasteiger partial charge in [0.15, 0.2) is 0 Å². The van der Waals surface area contributed by atoms with E-state index in [2.05, 4.69) is 58.6 Å². The maximum atomic E-state index is 6.20. The summed E-state index contributed by atoms with van der Waals surface area (Å²) in [5, 5.41) is 0. The van der Waals surface area contributed by atoms with Gasteiger partial charge in [-0.2, -0.15) is 0 Å². The molecule has 98 valence electrons. The summed E-state index contributed by atoms with van der Waals surface area (Å²) in [4.78, 5) is 4.62. The molecule has 16 heavy (non-hydrogen) atoms. The van der Waals surface area contributed by atoms with Gasteiger partial charge in [0, 0.05) is 12.1 Å². The molecular formula is C13H31N3. The highest BCUT2D eigenvalue weighted by molar-refractivity contribution is 4.91. The van der Waals surface area contributed by atoms with Crippen LogP contribution in [-0.2, 0) is 0 Å². The Morgan fingerprint density at radius 2 is 1.44 bits per heavy atom. The smallest absolute Gasteiger partial charge is 0.0161 e. The number of nitrogens with two attached hydrogens (primary N) is 1. The van der Waals surface area contributed by atoms with E-state index >= 15 is 0 Å². The van der Waals surface area contributed by atoms with Crippen LogP contribution in [0.3, 0.4) is 0 Å². The molecule has 0 heterocycles. The van der Waals surface area contributed by atoms with Crippen molar-refractivity contribution in [3.63, 3.8) is 0 Å². The van der Waals surface area contributed by atoms with Crippen molar-refractivity contribution in [2.75, 3.05) is 40.8 Å². The highest BCUT2D eigenvalue weighted by Gasteiger charge is 2.34. The first-order valence-electron chi connectivity index (χ1n) is 6.18. The van der Waals surface area contributed by atoms with Gasteiger partial charge in [0.25, 0.3) is 0 Å². The first-order chi connectivity index (χ1) is 7.06. The SMILES string of the molecule is CN(C)CCCN(C)CC(C)(C)C(C)(C)N. The molecule has 0 fully saturated rings. The van der Waals surface area contributed by atoms with Crippen molar-refractivity contribution in [3.05, 3.63) is 0 Å². The Morgan fingerprint density at radius 1 is 0.938 bits per heavy atom. The Labute approximate surface area is 102 Å². The van der Waals surface area contributed by atoms with Gasteiger partial charge in [-0.25, -0.2) is 0 Å². The van der Waals surface area contributed by atoms with Gasteiger partial charge >= 0.3 is 0 Å². The lowest BCUT2D eigenvalue weighted by molar-refractivity contribution is 0.128. The van der Waals surface area contributed by atoms with Gasteiger partial charge < -0.3 is 15.5 Å². The average Bonchev–Trinajstić information content (AvgIpc) is 1.99. The second kappa shape index (κ2) is 5.99. The summed E-state index contributed by atoms with van der Waals surface area (Å²) in [6.07, 6.45) is 1.21. The Hall–Kier alpha value is -0.120. The van der Waals surface area contributed by atoms with Crippen LogP contribution >= 0.6 is 0 Å². The van der Waals surface area contributed by atoms with Crippen LogP contribution in [0.4, 0.5) is 0 Å². The zero-order valence-electron chi connectivity index (χ0n) is 12.3. The maximum Gasteiger partial charge on any atom is 0.0161 e. The fourth-order valence-corrected chi connectivity index (χ4v) is 1.61. The maximum absolute atomic E-state index is 6.20. The van der Waals surface area contributed by atoms with E-state index in [4.69, 9.17) is 5.73 Å². The molecule has 0 saturated heterocycles. The molecule has 0 atom stereocenters. The highest BCUT2D eigenvalue weighted by atomic mass is 15.1. The molecule has 0 aliphatic heterocycles. The van der Waals surface area contributed by atoms with Crippen molar-refractivity contribution in [3.8, 4) is 0 Å². The van der Waals surface area contributed by atoms with Gasteiger partial charge in [0.1, 0.15) is 0 Å². The van der Waals surface area contributed by atoms with Crippen LogP contribution in [0, 0.1) is 5.41 Å². The van der Waals surface area contributed by atoms with E-state index in [0.29, 0.717) is 0 Å². The minimum Gasteiger partial charge on any atom is -0.325 e. The topological polar surface area (TPSA) is 32.5 Å². The predicted molar refractivity (Wildman–Crippen MR) is 72.7 cm³/mol. The molecule has 0 saturated carbocycles. The van der Waals surface area contributed by atoms with E-state index in [1.165, 1.54) is 6.42 Å². The lowest BCUT2D eigenvalue weighted by atomic mass is 9.75. The minimum absolute atomic E-state index is 0.136. The Kier molecular flexibility index (Phi) is 5.94. The molecule has 0 aliphatic rings. The normalized spacial score (nSPS) is 13.9. The van der Waals surface area contributed by atoms with Crippen LogP contribution in [0.2, 0.25) is 0 Å². The first kappa shape index (κ1) is 15.9. The third-order valence-corrected chi connectivity index (χ3v) is 3.55. The minimum atomic E-state index is -0.136. The van der Waals surface area contributed by atoms with E-state index in [1.54, 1.807) is 0 Å². The van der Waals surface area contributed by atoms with Crippen molar-refractivity contribution < 1.29 is 0 Å². The van der Waals surface area contributed by atoms with Crippen LogP contribution < -0.4 is 5.73 Å². The van der Waals surface area contributed by atoms with Crippen molar-refractivity contribution in [1.29, 1.82) is 0 Å². The van der Waals surface area contributed by atoms with Crippen molar-refractivity contribution in [1.82, 2.24) is 9.80 Å². The second-order valence-electron chi connectivity index (χ2n) is 6.50. The molecule has 3 nitrogen and oxygen atoms in total. The van der Waals surface area contributed by atoms with Crippen molar-refractivity contribution >= 4 is 0 Å². The number of hydrogen-bond donors (Lipinski definition) is 1. The molecule has 0 aromatic carbocycles. The van der Waals surface area contributed by atoms with Gasteiger partial charge in [0.2, 0.25) is 0 Å². The molecule has 0 aromatic heterocycles. The van der Waals surface area contributed by atoms with Gasteiger partial charge in [0.05, 0.1) is 0 Å². The molecule has 0 rings (SSSR count). The van der Waals surface area contributed by atoms with Crippen LogP contribution in [-0.4, -0.2) is 56.1 Å². The van der Waals surface area contributed by atoms with Gasteiger partial charge in [-0.15, -0.1) is 0 Å². The molecule has 0 bridgehead atoms. The molecule has 0 unspecified atom stereocenters. The van der Waals surface area contributed by atoms with E-state index in [1.807, 2.05) is 0 Å². The summed E-state index contributed by atoms with van der Waals surface area (Å²) in [5.74, 6) is 0. The Bertz CT molecular complexity index is 192.